The van der Waals surface area contributed by atoms with Crippen LogP contribution in [-0.4, -0.2) is 42.3 Å². The Bertz CT molecular complexity index is 814. The second kappa shape index (κ2) is 8.62. The Morgan fingerprint density at radius 3 is 2.26 bits per heavy atom. The van der Waals surface area contributed by atoms with Gasteiger partial charge >= 0.3 is 5.97 Å². The number of rotatable bonds is 5. The second-order valence-electron chi connectivity index (χ2n) is 6.94. The highest BCUT2D eigenvalue weighted by Gasteiger charge is 2.22. The van der Waals surface area contributed by atoms with Crippen molar-refractivity contribution in [2.45, 2.75) is 19.8 Å². The molecular weight excluding hydrogens is 342 g/mol. The molecule has 0 unspecified atom stereocenters. The molecule has 27 heavy (non-hydrogen) atoms. The standard InChI is InChI=1S/C22H23NO4/c1-16-6-5-13-23(14-16)20(24)15-27-22(26)19-11-9-18(10-12-19)21(25)17-7-3-2-4-8-17/h2-4,7-12,16H,5-6,13-15H2,1H3/t16-/m1/s1. The SMILES string of the molecule is C[C@@H]1CCCN(C(=O)COC(=O)c2ccc(C(=O)c3ccccc3)cc2)C1. The van der Waals surface area contributed by atoms with E-state index in [4.69, 9.17) is 4.74 Å². The van der Waals surface area contributed by atoms with Crippen LogP contribution >= 0.6 is 0 Å². The number of likely N-dealkylation sites (tertiary alicyclic amines) is 1. The second-order valence-corrected chi connectivity index (χ2v) is 6.94. The fourth-order valence-electron chi connectivity index (χ4n) is 3.23. The first-order valence-corrected chi connectivity index (χ1v) is 9.19. The molecule has 1 amide bonds. The Morgan fingerprint density at radius 2 is 1.59 bits per heavy atom. The van der Waals surface area contributed by atoms with Gasteiger partial charge in [0.05, 0.1) is 5.56 Å². The van der Waals surface area contributed by atoms with Gasteiger partial charge in [-0.3, -0.25) is 9.59 Å². The molecule has 1 saturated heterocycles. The fourth-order valence-corrected chi connectivity index (χ4v) is 3.23. The van der Waals surface area contributed by atoms with Gasteiger partial charge in [-0.15, -0.1) is 0 Å². The number of hydrogen-bond donors (Lipinski definition) is 0. The zero-order chi connectivity index (χ0) is 19.2. The molecule has 3 rings (SSSR count). The summed E-state index contributed by atoms with van der Waals surface area (Å²) in [5.41, 5.74) is 1.41. The van der Waals surface area contributed by atoms with Crippen LogP contribution in [0.1, 0.15) is 46.0 Å². The Morgan fingerprint density at radius 1 is 0.963 bits per heavy atom. The number of nitrogens with zero attached hydrogens (tertiary/aromatic N) is 1. The van der Waals surface area contributed by atoms with Crippen LogP contribution in [0.25, 0.3) is 0 Å². The summed E-state index contributed by atoms with van der Waals surface area (Å²) in [5.74, 6) is -0.351. The third-order valence-corrected chi connectivity index (χ3v) is 4.76. The van der Waals surface area contributed by atoms with Crippen LogP contribution in [-0.2, 0) is 9.53 Å². The van der Waals surface area contributed by atoms with Gasteiger partial charge in [0.2, 0.25) is 0 Å². The van der Waals surface area contributed by atoms with E-state index >= 15 is 0 Å². The molecule has 1 atom stereocenters. The maximum atomic E-state index is 12.4. The lowest BCUT2D eigenvalue weighted by atomic mass is 10.0. The van der Waals surface area contributed by atoms with Crippen molar-refractivity contribution in [2.75, 3.05) is 19.7 Å². The number of benzene rings is 2. The molecule has 1 fully saturated rings. The summed E-state index contributed by atoms with van der Waals surface area (Å²) >= 11 is 0. The topological polar surface area (TPSA) is 63.7 Å². The third kappa shape index (κ3) is 4.82. The van der Waals surface area contributed by atoms with Crippen LogP contribution < -0.4 is 0 Å². The summed E-state index contributed by atoms with van der Waals surface area (Å²) < 4.78 is 5.15. The lowest BCUT2D eigenvalue weighted by Gasteiger charge is -2.30. The zero-order valence-corrected chi connectivity index (χ0v) is 15.4. The first-order chi connectivity index (χ1) is 13.0. The van der Waals surface area contributed by atoms with Gasteiger partial charge in [0, 0.05) is 24.2 Å². The van der Waals surface area contributed by atoms with E-state index in [0.29, 0.717) is 29.2 Å². The molecule has 1 aliphatic rings. The van der Waals surface area contributed by atoms with E-state index in [1.54, 1.807) is 53.4 Å². The molecule has 0 aromatic heterocycles. The molecular formula is C22H23NO4. The van der Waals surface area contributed by atoms with Crippen molar-refractivity contribution in [3.8, 4) is 0 Å². The minimum absolute atomic E-state index is 0.107. The van der Waals surface area contributed by atoms with Crippen LogP contribution in [0.3, 0.4) is 0 Å². The first kappa shape index (κ1) is 18.8. The number of carbonyl (C=O) groups excluding carboxylic acids is 3. The molecule has 0 aliphatic carbocycles. The molecule has 140 valence electrons. The van der Waals surface area contributed by atoms with E-state index in [1.165, 1.54) is 0 Å². The summed E-state index contributed by atoms with van der Waals surface area (Å²) in [6.45, 7) is 3.30. The van der Waals surface area contributed by atoms with E-state index < -0.39 is 5.97 Å². The van der Waals surface area contributed by atoms with Crippen molar-refractivity contribution in [3.05, 3.63) is 71.3 Å². The molecule has 0 bridgehead atoms. The summed E-state index contributed by atoms with van der Waals surface area (Å²) in [6.07, 6.45) is 2.11. The summed E-state index contributed by atoms with van der Waals surface area (Å²) in [5, 5.41) is 0. The van der Waals surface area contributed by atoms with Crippen LogP contribution in [0, 0.1) is 5.92 Å². The quantitative estimate of drug-likeness (QED) is 0.602. The Labute approximate surface area is 158 Å². The van der Waals surface area contributed by atoms with Gasteiger partial charge in [0.15, 0.2) is 12.4 Å². The molecule has 0 radical (unpaired) electrons. The van der Waals surface area contributed by atoms with Crippen LogP contribution in [0.4, 0.5) is 0 Å². The summed E-state index contributed by atoms with van der Waals surface area (Å²) in [6, 6.07) is 15.2. The predicted octanol–water partition coefficient (Wildman–Crippen LogP) is 3.33. The van der Waals surface area contributed by atoms with Crippen molar-refractivity contribution in [1.82, 2.24) is 4.90 Å². The molecule has 1 heterocycles. The Hall–Kier alpha value is -2.95. The minimum atomic E-state index is -0.563. The van der Waals surface area contributed by atoms with Crippen molar-refractivity contribution in [3.63, 3.8) is 0 Å². The molecule has 0 spiro atoms. The number of ether oxygens (including phenoxy) is 1. The van der Waals surface area contributed by atoms with E-state index in [2.05, 4.69) is 6.92 Å². The van der Waals surface area contributed by atoms with Crippen molar-refractivity contribution in [1.29, 1.82) is 0 Å². The van der Waals surface area contributed by atoms with Gasteiger partial charge in [-0.25, -0.2) is 4.79 Å². The van der Waals surface area contributed by atoms with Gasteiger partial charge in [-0.2, -0.15) is 0 Å². The number of piperidine rings is 1. The van der Waals surface area contributed by atoms with Crippen molar-refractivity contribution >= 4 is 17.7 Å². The normalized spacial score (nSPS) is 16.6. The summed E-state index contributed by atoms with van der Waals surface area (Å²) in [7, 11) is 0. The van der Waals surface area contributed by atoms with Gasteiger partial charge in [0.1, 0.15) is 0 Å². The zero-order valence-electron chi connectivity index (χ0n) is 15.4. The van der Waals surface area contributed by atoms with Gasteiger partial charge in [-0.05, 0) is 30.9 Å². The molecule has 0 N–H and O–H groups in total. The van der Waals surface area contributed by atoms with Gasteiger partial charge < -0.3 is 9.64 Å². The maximum Gasteiger partial charge on any atom is 0.338 e. The number of hydrogen-bond acceptors (Lipinski definition) is 4. The molecule has 1 aliphatic heterocycles. The van der Waals surface area contributed by atoms with Crippen molar-refractivity contribution < 1.29 is 19.1 Å². The average molecular weight is 365 g/mol. The largest absolute Gasteiger partial charge is 0.452 e. The highest BCUT2D eigenvalue weighted by Crippen LogP contribution is 2.16. The molecule has 0 saturated carbocycles. The molecule has 2 aromatic rings. The van der Waals surface area contributed by atoms with E-state index in [0.717, 1.165) is 19.4 Å². The fraction of sp³-hybridized carbons (Fsp3) is 0.318. The number of carbonyl (C=O) groups is 3. The average Bonchev–Trinajstić information content (AvgIpc) is 2.72. The summed E-state index contributed by atoms with van der Waals surface area (Å²) in [4.78, 5) is 38.5. The van der Waals surface area contributed by atoms with Crippen LogP contribution in [0.5, 0.6) is 0 Å². The number of esters is 1. The van der Waals surface area contributed by atoms with Crippen LogP contribution in [0.2, 0.25) is 0 Å². The number of amides is 1. The minimum Gasteiger partial charge on any atom is -0.452 e. The highest BCUT2D eigenvalue weighted by molar-refractivity contribution is 6.09. The Balaban J connectivity index is 1.56. The van der Waals surface area contributed by atoms with Crippen LogP contribution in [0.15, 0.2) is 54.6 Å². The molecule has 5 nitrogen and oxygen atoms in total. The Kier molecular flexibility index (Phi) is 6.01. The third-order valence-electron chi connectivity index (χ3n) is 4.76. The maximum absolute atomic E-state index is 12.4. The van der Waals surface area contributed by atoms with Gasteiger partial charge in [-0.1, -0.05) is 49.4 Å². The molecule has 2 aromatic carbocycles. The van der Waals surface area contributed by atoms with Gasteiger partial charge in [0.25, 0.3) is 5.91 Å². The van der Waals surface area contributed by atoms with E-state index in [1.807, 2.05) is 6.07 Å². The predicted molar refractivity (Wildman–Crippen MR) is 102 cm³/mol. The molecule has 5 heteroatoms. The smallest absolute Gasteiger partial charge is 0.338 e. The van der Waals surface area contributed by atoms with Crippen molar-refractivity contribution in [2.24, 2.45) is 5.92 Å². The monoisotopic (exact) mass is 365 g/mol. The lowest BCUT2D eigenvalue weighted by molar-refractivity contribution is -0.136. The first-order valence-electron chi connectivity index (χ1n) is 9.19. The van der Waals surface area contributed by atoms with E-state index in [-0.39, 0.29) is 18.3 Å². The van der Waals surface area contributed by atoms with E-state index in [9.17, 15) is 14.4 Å². The highest BCUT2D eigenvalue weighted by atomic mass is 16.5. The number of ketones is 1. The lowest BCUT2D eigenvalue weighted by Crippen LogP contribution is -2.41.